The Morgan fingerprint density at radius 1 is 1.16 bits per heavy atom. The van der Waals surface area contributed by atoms with Crippen molar-refractivity contribution in [3.05, 3.63) is 42.4 Å². The molecule has 2 heterocycles. The van der Waals surface area contributed by atoms with Gasteiger partial charge in [-0.3, -0.25) is 9.78 Å². The Hall–Kier alpha value is -2.83. The van der Waals surface area contributed by atoms with Gasteiger partial charge in [0.15, 0.2) is 0 Å². The van der Waals surface area contributed by atoms with E-state index in [1.165, 1.54) is 0 Å². The number of rotatable bonds is 5. The Labute approximate surface area is 146 Å². The molecule has 0 bridgehead atoms. The first kappa shape index (κ1) is 17.0. The molecule has 7 heteroatoms. The van der Waals surface area contributed by atoms with Gasteiger partial charge in [-0.1, -0.05) is 0 Å². The summed E-state index contributed by atoms with van der Waals surface area (Å²) in [4.78, 5) is 22.8. The Morgan fingerprint density at radius 3 is 2.56 bits per heavy atom. The molecule has 1 aliphatic heterocycles. The van der Waals surface area contributed by atoms with Crippen LogP contribution in [0, 0.1) is 0 Å². The van der Waals surface area contributed by atoms with Crippen LogP contribution >= 0.6 is 0 Å². The van der Waals surface area contributed by atoms with Gasteiger partial charge < -0.3 is 19.1 Å². The molecule has 0 radical (unpaired) electrons. The molecule has 0 aliphatic carbocycles. The zero-order chi connectivity index (χ0) is 17.6. The van der Waals surface area contributed by atoms with Gasteiger partial charge in [0.05, 0.1) is 27.0 Å². The number of nitrogens with zero attached hydrogens (tertiary/aromatic N) is 3. The highest BCUT2D eigenvalue weighted by molar-refractivity contribution is 5.95. The van der Waals surface area contributed by atoms with Crippen LogP contribution in [0.4, 0.5) is 0 Å². The fourth-order valence-electron chi connectivity index (χ4n) is 2.85. The summed E-state index contributed by atoms with van der Waals surface area (Å²) in [6.07, 6.45) is 6.42. The number of piperidine rings is 1. The molecule has 1 atom stereocenters. The van der Waals surface area contributed by atoms with Crippen LogP contribution < -0.4 is 14.2 Å². The lowest BCUT2D eigenvalue weighted by Gasteiger charge is -2.32. The molecule has 132 valence electrons. The van der Waals surface area contributed by atoms with Crippen LogP contribution in [0.15, 0.2) is 36.8 Å². The van der Waals surface area contributed by atoms with E-state index in [-0.39, 0.29) is 12.0 Å². The van der Waals surface area contributed by atoms with Crippen LogP contribution in [0.2, 0.25) is 0 Å². The Balaban J connectivity index is 1.71. The van der Waals surface area contributed by atoms with Crippen LogP contribution in [-0.2, 0) is 0 Å². The number of benzene rings is 1. The highest BCUT2D eigenvalue weighted by atomic mass is 16.5. The highest BCUT2D eigenvalue weighted by Crippen LogP contribution is 2.25. The van der Waals surface area contributed by atoms with E-state index in [9.17, 15) is 4.79 Å². The Kier molecular flexibility index (Phi) is 5.33. The van der Waals surface area contributed by atoms with Gasteiger partial charge in [0.25, 0.3) is 5.91 Å². The van der Waals surface area contributed by atoms with Crippen molar-refractivity contribution in [3.8, 4) is 17.4 Å². The smallest absolute Gasteiger partial charge is 0.254 e. The van der Waals surface area contributed by atoms with Crippen molar-refractivity contribution in [2.24, 2.45) is 0 Å². The molecule has 2 aromatic rings. The standard InChI is InChI=1S/C18H21N3O4/c1-23-15-8-13(9-16(10-15)24-2)18(22)21-7-3-4-14(12-21)25-17-11-19-5-6-20-17/h5-6,8-11,14H,3-4,7,12H2,1-2H3. The molecule has 1 aromatic carbocycles. The lowest BCUT2D eigenvalue weighted by molar-refractivity contribution is 0.0526. The molecule has 1 fully saturated rings. The molecule has 1 aliphatic rings. The molecular weight excluding hydrogens is 322 g/mol. The van der Waals surface area contributed by atoms with Gasteiger partial charge >= 0.3 is 0 Å². The average molecular weight is 343 g/mol. The van der Waals surface area contributed by atoms with Crippen LogP contribution in [0.3, 0.4) is 0 Å². The van der Waals surface area contributed by atoms with Gasteiger partial charge in [-0.25, -0.2) is 4.98 Å². The fraction of sp³-hybridized carbons (Fsp3) is 0.389. The fourth-order valence-corrected chi connectivity index (χ4v) is 2.85. The number of hydrogen-bond donors (Lipinski definition) is 0. The maximum absolute atomic E-state index is 12.9. The second kappa shape index (κ2) is 7.83. The van der Waals surface area contributed by atoms with Gasteiger partial charge in [-0.2, -0.15) is 0 Å². The summed E-state index contributed by atoms with van der Waals surface area (Å²) in [5, 5.41) is 0. The van der Waals surface area contributed by atoms with E-state index >= 15 is 0 Å². The van der Waals surface area contributed by atoms with Crippen molar-refractivity contribution in [2.75, 3.05) is 27.3 Å². The van der Waals surface area contributed by atoms with E-state index in [1.807, 2.05) is 0 Å². The van der Waals surface area contributed by atoms with Gasteiger partial charge in [-0.05, 0) is 25.0 Å². The predicted octanol–water partition coefficient (Wildman–Crippen LogP) is 2.18. The van der Waals surface area contributed by atoms with Crippen LogP contribution in [0.1, 0.15) is 23.2 Å². The molecule has 7 nitrogen and oxygen atoms in total. The van der Waals surface area contributed by atoms with Crippen molar-refractivity contribution in [1.29, 1.82) is 0 Å². The topological polar surface area (TPSA) is 73.8 Å². The molecule has 1 saturated heterocycles. The van der Waals surface area contributed by atoms with Crippen molar-refractivity contribution in [2.45, 2.75) is 18.9 Å². The molecule has 0 N–H and O–H groups in total. The molecule has 1 unspecified atom stereocenters. The molecule has 0 spiro atoms. The number of carbonyl (C=O) groups excluding carboxylic acids is 1. The molecule has 0 saturated carbocycles. The quantitative estimate of drug-likeness (QED) is 0.828. The number of carbonyl (C=O) groups is 1. The van der Waals surface area contributed by atoms with Crippen LogP contribution in [0.25, 0.3) is 0 Å². The third kappa shape index (κ3) is 4.17. The van der Waals surface area contributed by atoms with Crippen molar-refractivity contribution in [1.82, 2.24) is 14.9 Å². The number of ether oxygens (including phenoxy) is 3. The Morgan fingerprint density at radius 2 is 1.92 bits per heavy atom. The van der Waals surface area contributed by atoms with Gasteiger partial charge in [-0.15, -0.1) is 0 Å². The first-order valence-electron chi connectivity index (χ1n) is 8.14. The zero-order valence-electron chi connectivity index (χ0n) is 14.3. The van der Waals surface area contributed by atoms with E-state index < -0.39 is 0 Å². The minimum Gasteiger partial charge on any atom is -0.497 e. The Bertz CT molecular complexity index is 701. The lowest BCUT2D eigenvalue weighted by atomic mass is 10.1. The van der Waals surface area contributed by atoms with E-state index in [0.717, 1.165) is 12.8 Å². The number of hydrogen-bond acceptors (Lipinski definition) is 6. The lowest BCUT2D eigenvalue weighted by Crippen LogP contribution is -2.44. The first-order valence-corrected chi connectivity index (χ1v) is 8.14. The number of aromatic nitrogens is 2. The summed E-state index contributed by atoms with van der Waals surface area (Å²) in [5.74, 6) is 1.59. The maximum Gasteiger partial charge on any atom is 0.254 e. The second-order valence-electron chi connectivity index (χ2n) is 5.78. The van der Waals surface area contributed by atoms with E-state index in [0.29, 0.717) is 36.0 Å². The zero-order valence-corrected chi connectivity index (χ0v) is 14.3. The third-order valence-corrected chi connectivity index (χ3v) is 4.09. The second-order valence-corrected chi connectivity index (χ2v) is 5.78. The van der Waals surface area contributed by atoms with Crippen LogP contribution in [0.5, 0.6) is 17.4 Å². The van der Waals surface area contributed by atoms with Gasteiger partial charge in [0.2, 0.25) is 5.88 Å². The predicted molar refractivity (Wildman–Crippen MR) is 91.1 cm³/mol. The minimum atomic E-state index is -0.0955. The first-order chi connectivity index (χ1) is 12.2. The van der Waals surface area contributed by atoms with Crippen molar-refractivity contribution < 1.29 is 19.0 Å². The molecular formula is C18H21N3O4. The summed E-state index contributed by atoms with van der Waals surface area (Å²) in [6.45, 7) is 1.20. The summed E-state index contributed by atoms with van der Waals surface area (Å²) in [7, 11) is 3.13. The molecule has 1 aromatic heterocycles. The average Bonchev–Trinajstić information content (AvgIpc) is 2.68. The summed E-state index contributed by atoms with van der Waals surface area (Å²) in [6, 6.07) is 5.18. The van der Waals surface area contributed by atoms with E-state index in [4.69, 9.17) is 14.2 Å². The number of methoxy groups -OCH3 is 2. The summed E-state index contributed by atoms with van der Waals surface area (Å²) >= 11 is 0. The number of amides is 1. The van der Waals surface area contributed by atoms with Crippen LogP contribution in [-0.4, -0.2) is 54.2 Å². The third-order valence-electron chi connectivity index (χ3n) is 4.09. The monoisotopic (exact) mass is 343 g/mol. The summed E-state index contributed by atoms with van der Waals surface area (Å²) in [5.41, 5.74) is 0.538. The van der Waals surface area contributed by atoms with E-state index in [1.54, 1.807) is 55.9 Å². The molecule has 25 heavy (non-hydrogen) atoms. The maximum atomic E-state index is 12.9. The van der Waals surface area contributed by atoms with Crippen molar-refractivity contribution >= 4 is 5.91 Å². The normalized spacial score (nSPS) is 17.0. The highest BCUT2D eigenvalue weighted by Gasteiger charge is 2.26. The largest absolute Gasteiger partial charge is 0.497 e. The summed E-state index contributed by atoms with van der Waals surface area (Å²) < 4.78 is 16.3. The molecule has 1 amide bonds. The van der Waals surface area contributed by atoms with E-state index in [2.05, 4.69) is 9.97 Å². The van der Waals surface area contributed by atoms with Gasteiger partial charge in [0, 0.05) is 30.6 Å². The molecule has 3 rings (SSSR count). The van der Waals surface area contributed by atoms with Gasteiger partial charge in [0.1, 0.15) is 17.6 Å². The number of likely N-dealkylation sites (tertiary alicyclic amines) is 1. The minimum absolute atomic E-state index is 0.0651. The SMILES string of the molecule is COc1cc(OC)cc(C(=O)N2CCCC(Oc3cnccn3)C2)c1. The van der Waals surface area contributed by atoms with Crippen molar-refractivity contribution in [3.63, 3.8) is 0 Å².